The van der Waals surface area contributed by atoms with E-state index in [9.17, 15) is 0 Å². The molecule has 64 valence electrons. The highest BCUT2D eigenvalue weighted by Crippen LogP contribution is 1.91. The van der Waals surface area contributed by atoms with Gasteiger partial charge in [0.1, 0.15) is 0 Å². The van der Waals surface area contributed by atoms with Gasteiger partial charge in [-0.3, -0.25) is 0 Å². The summed E-state index contributed by atoms with van der Waals surface area (Å²) in [7, 11) is 0. The molecule has 1 heteroatoms. The Hall–Kier alpha value is -0.560. The van der Waals surface area contributed by atoms with Crippen LogP contribution in [0, 0.1) is 0 Å². The first-order valence-electron chi connectivity index (χ1n) is 4.35. The summed E-state index contributed by atoms with van der Waals surface area (Å²) in [4.78, 5) is 2.41. The maximum absolute atomic E-state index is 3.62. The smallest absolute Gasteiger partial charge is 0.00158 e. The molecule has 11 heavy (non-hydrogen) atoms. The summed E-state index contributed by atoms with van der Waals surface area (Å²) in [6, 6.07) is 0. The third-order valence-electron chi connectivity index (χ3n) is 1.78. The average Bonchev–Trinajstić information content (AvgIpc) is 2.05. The van der Waals surface area contributed by atoms with Gasteiger partial charge in [-0.15, -0.1) is 0 Å². The molecule has 0 aliphatic carbocycles. The van der Waals surface area contributed by atoms with Crippen LogP contribution in [0.2, 0.25) is 0 Å². The van der Waals surface area contributed by atoms with E-state index >= 15 is 0 Å². The molecule has 0 heterocycles. The molecule has 0 N–H and O–H groups in total. The Kier molecular flexibility index (Phi) is 7.16. The van der Waals surface area contributed by atoms with E-state index in [1.165, 1.54) is 0 Å². The van der Waals surface area contributed by atoms with Gasteiger partial charge in [0.15, 0.2) is 0 Å². The molecule has 0 radical (unpaired) electrons. The van der Waals surface area contributed by atoms with Gasteiger partial charge in [-0.05, 0) is 19.5 Å². The Balaban J connectivity index is 3.34. The highest BCUT2D eigenvalue weighted by Gasteiger charge is 1.94. The Labute approximate surface area is 70.4 Å². The van der Waals surface area contributed by atoms with Crippen molar-refractivity contribution in [3.05, 3.63) is 24.8 Å². The van der Waals surface area contributed by atoms with Crippen LogP contribution in [0.25, 0.3) is 0 Å². The van der Waals surface area contributed by atoms with Gasteiger partial charge in [-0.25, -0.2) is 0 Å². The second-order valence-corrected chi connectivity index (χ2v) is 2.48. The zero-order chi connectivity index (χ0) is 8.53. The van der Waals surface area contributed by atoms with Crippen molar-refractivity contribution in [1.82, 2.24) is 4.90 Å². The van der Waals surface area contributed by atoms with Crippen molar-refractivity contribution in [2.45, 2.75) is 20.3 Å². The molecule has 0 spiro atoms. The van der Waals surface area contributed by atoms with Crippen molar-refractivity contribution in [3.63, 3.8) is 0 Å². The molecule has 0 aromatic heterocycles. The van der Waals surface area contributed by atoms with E-state index in [2.05, 4.69) is 31.4 Å². The summed E-state index contributed by atoms with van der Waals surface area (Å²) < 4.78 is 0. The molecule has 0 aromatic carbocycles. The molecule has 0 aliphatic heterocycles. The number of allylic oxidation sites excluding steroid dienone is 2. The van der Waals surface area contributed by atoms with Gasteiger partial charge < -0.3 is 4.90 Å². The van der Waals surface area contributed by atoms with Crippen molar-refractivity contribution in [3.8, 4) is 0 Å². The minimum Gasteiger partial charge on any atom is -0.304 e. The molecule has 0 amide bonds. The Morgan fingerprint density at radius 3 is 2.36 bits per heavy atom. The van der Waals surface area contributed by atoms with Crippen LogP contribution in [0.5, 0.6) is 0 Å². The summed E-state index contributed by atoms with van der Waals surface area (Å²) in [5, 5.41) is 0. The molecule has 0 unspecified atom stereocenters. The van der Waals surface area contributed by atoms with Crippen LogP contribution in [0.4, 0.5) is 0 Å². The molecule has 0 saturated heterocycles. The molecule has 0 aliphatic rings. The van der Waals surface area contributed by atoms with E-state index in [0.29, 0.717) is 0 Å². The zero-order valence-electron chi connectivity index (χ0n) is 7.71. The second kappa shape index (κ2) is 7.55. The van der Waals surface area contributed by atoms with Crippen LogP contribution in [0.1, 0.15) is 20.3 Å². The van der Waals surface area contributed by atoms with Crippen molar-refractivity contribution < 1.29 is 0 Å². The minimum atomic E-state index is 1.13. The normalized spacial score (nSPS) is 11.2. The topological polar surface area (TPSA) is 3.24 Å². The van der Waals surface area contributed by atoms with Crippen molar-refractivity contribution >= 4 is 0 Å². The molecule has 0 saturated carbocycles. The number of rotatable bonds is 6. The molecular formula is C10H19N. The largest absolute Gasteiger partial charge is 0.304 e. The van der Waals surface area contributed by atoms with Gasteiger partial charge in [0.05, 0.1) is 0 Å². The Bertz CT molecular complexity index is 112. The molecule has 0 rings (SSSR count). The molecule has 0 fully saturated rings. The first-order valence-corrected chi connectivity index (χ1v) is 4.35. The van der Waals surface area contributed by atoms with Crippen molar-refractivity contribution in [1.29, 1.82) is 0 Å². The lowest BCUT2D eigenvalue weighted by Gasteiger charge is -2.15. The van der Waals surface area contributed by atoms with Crippen LogP contribution >= 0.6 is 0 Å². The maximum atomic E-state index is 3.62. The van der Waals surface area contributed by atoms with Crippen LogP contribution in [-0.2, 0) is 0 Å². The van der Waals surface area contributed by atoms with Crippen LogP contribution in [0.3, 0.4) is 0 Å². The summed E-state index contributed by atoms with van der Waals surface area (Å²) in [6.45, 7) is 11.5. The zero-order valence-corrected chi connectivity index (χ0v) is 7.71. The summed E-state index contributed by atoms with van der Waals surface area (Å²) in [6.07, 6.45) is 7.12. The third kappa shape index (κ3) is 5.86. The highest BCUT2D eigenvalue weighted by atomic mass is 15.1. The van der Waals surface area contributed by atoms with Crippen LogP contribution < -0.4 is 0 Å². The molecule has 0 aromatic rings. The molecule has 1 nitrogen and oxygen atoms in total. The average molecular weight is 153 g/mol. The standard InChI is InChI=1S/C10H19N/c1-4-7-8-9-10-11(5-2)6-3/h4,7-8H,1,5-6,9-10H2,2-3H3/b8-7-. The first-order chi connectivity index (χ1) is 5.35. The number of nitrogens with zero attached hydrogens (tertiary/aromatic N) is 1. The Morgan fingerprint density at radius 1 is 1.27 bits per heavy atom. The fourth-order valence-corrected chi connectivity index (χ4v) is 0.989. The number of hydrogen-bond donors (Lipinski definition) is 0. The van der Waals surface area contributed by atoms with Gasteiger partial charge in [0.25, 0.3) is 0 Å². The lowest BCUT2D eigenvalue weighted by Crippen LogP contribution is -2.23. The van der Waals surface area contributed by atoms with Gasteiger partial charge in [-0.1, -0.05) is 38.7 Å². The van der Waals surface area contributed by atoms with Gasteiger partial charge in [0, 0.05) is 6.54 Å². The third-order valence-corrected chi connectivity index (χ3v) is 1.78. The lowest BCUT2D eigenvalue weighted by atomic mass is 10.3. The predicted molar refractivity (Wildman–Crippen MR) is 51.7 cm³/mol. The highest BCUT2D eigenvalue weighted by molar-refractivity contribution is 4.97. The summed E-state index contributed by atoms with van der Waals surface area (Å²) in [5.41, 5.74) is 0. The van der Waals surface area contributed by atoms with Crippen molar-refractivity contribution in [2.75, 3.05) is 19.6 Å². The van der Waals surface area contributed by atoms with Crippen LogP contribution in [-0.4, -0.2) is 24.5 Å². The van der Waals surface area contributed by atoms with Crippen LogP contribution in [0.15, 0.2) is 24.8 Å². The monoisotopic (exact) mass is 153 g/mol. The van der Waals surface area contributed by atoms with E-state index in [0.717, 1.165) is 26.1 Å². The quantitative estimate of drug-likeness (QED) is 0.530. The predicted octanol–water partition coefficient (Wildman–Crippen LogP) is 2.46. The van der Waals surface area contributed by atoms with E-state index in [-0.39, 0.29) is 0 Å². The second-order valence-electron chi connectivity index (χ2n) is 2.48. The Morgan fingerprint density at radius 2 is 1.91 bits per heavy atom. The minimum absolute atomic E-state index is 1.13. The van der Waals surface area contributed by atoms with Gasteiger partial charge >= 0.3 is 0 Å². The molecule has 0 atom stereocenters. The van der Waals surface area contributed by atoms with E-state index in [1.54, 1.807) is 0 Å². The summed E-state index contributed by atoms with van der Waals surface area (Å²) >= 11 is 0. The van der Waals surface area contributed by atoms with Gasteiger partial charge in [0.2, 0.25) is 0 Å². The van der Waals surface area contributed by atoms with E-state index in [1.807, 2.05) is 12.2 Å². The van der Waals surface area contributed by atoms with Gasteiger partial charge in [-0.2, -0.15) is 0 Å². The fraction of sp³-hybridized carbons (Fsp3) is 0.600. The maximum Gasteiger partial charge on any atom is 0.00158 e. The van der Waals surface area contributed by atoms with E-state index < -0.39 is 0 Å². The summed E-state index contributed by atoms with van der Waals surface area (Å²) in [5.74, 6) is 0. The fourth-order valence-electron chi connectivity index (χ4n) is 0.989. The number of hydrogen-bond acceptors (Lipinski definition) is 1. The molecular weight excluding hydrogens is 134 g/mol. The van der Waals surface area contributed by atoms with Crippen molar-refractivity contribution in [2.24, 2.45) is 0 Å². The van der Waals surface area contributed by atoms with E-state index in [4.69, 9.17) is 0 Å². The lowest BCUT2D eigenvalue weighted by molar-refractivity contribution is 0.310. The first kappa shape index (κ1) is 10.4. The molecule has 0 bridgehead atoms. The SMILES string of the molecule is C=C/C=C\CCN(CC)CC.